The van der Waals surface area contributed by atoms with Gasteiger partial charge in [-0.25, -0.2) is 14.6 Å². The number of carbonyl (C=O) groups is 1. The van der Waals surface area contributed by atoms with Crippen molar-refractivity contribution < 1.29 is 14.6 Å². The molecule has 39 heavy (non-hydrogen) atoms. The first-order valence-corrected chi connectivity index (χ1v) is 14.7. The monoisotopic (exact) mass is 550 g/mol. The Morgan fingerprint density at radius 3 is 2.64 bits per heavy atom. The predicted molar refractivity (Wildman–Crippen MR) is 149 cm³/mol. The van der Waals surface area contributed by atoms with Crippen LogP contribution in [0.4, 0.5) is 0 Å². The molecular formula is C29H38N6O3S. The van der Waals surface area contributed by atoms with Crippen LogP contribution in [0.15, 0.2) is 29.2 Å². The van der Waals surface area contributed by atoms with Gasteiger partial charge in [-0.1, -0.05) is 13.8 Å². The van der Waals surface area contributed by atoms with E-state index in [4.69, 9.17) is 15.5 Å². The number of piperidine rings is 1. The number of aliphatic hydroxyl groups excluding tert-OH is 1. The van der Waals surface area contributed by atoms with Crippen LogP contribution in [0.2, 0.25) is 0 Å². The second-order valence-electron chi connectivity index (χ2n) is 13.0. The number of pyridine rings is 1. The van der Waals surface area contributed by atoms with Crippen LogP contribution in [0.5, 0.6) is 5.88 Å². The summed E-state index contributed by atoms with van der Waals surface area (Å²) in [5.41, 5.74) is 10.9. The van der Waals surface area contributed by atoms with E-state index in [1.165, 1.54) is 11.3 Å². The molecule has 9 nitrogen and oxygen atoms in total. The van der Waals surface area contributed by atoms with Crippen LogP contribution in [0.1, 0.15) is 80.2 Å². The highest BCUT2D eigenvalue weighted by Crippen LogP contribution is 2.49. The van der Waals surface area contributed by atoms with Gasteiger partial charge in [-0.3, -0.25) is 4.79 Å². The third-order valence-electron chi connectivity index (χ3n) is 8.75. The fourth-order valence-corrected chi connectivity index (χ4v) is 6.79. The second-order valence-corrected chi connectivity index (χ2v) is 13.7. The molecule has 0 aromatic carbocycles. The Kier molecular flexibility index (Phi) is 6.35. The van der Waals surface area contributed by atoms with E-state index in [9.17, 15) is 9.90 Å². The molecule has 2 aliphatic carbocycles. The van der Waals surface area contributed by atoms with Gasteiger partial charge in [0, 0.05) is 54.0 Å². The molecule has 1 amide bonds. The maximum absolute atomic E-state index is 13.3. The van der Waals surface area contributed by atoms with Gasteiger partial charge < -0.3 is 20.5 Å². The Morgan fingerprint density at radius 2 is 2.00 bits per heavy atom. The van der Waals surface area contributed by atoms with Crippen molar-refractivity contribution in [2.45, 2.75) is 77.5 Å². The number of likely N-dealkylation sites (tertiary alicyclic amines) is 1. The van der Waals surface area contributed by atoms with E-state index >= 15 is 0 Å². The largest absolute Gasteiger partial charge is 0.474 e. The molecule has 0 spiro atoms. The van der Waals surface area contributed by atoms with E-state index in [0.717, 1.165) is 36.3 Å². The number of carbonyl (C=O) groups excluding carboxylic acids is 1. The Hall–Kier alpha value is -2.82. The van der Waals surface area contributed by atoms with Gasteiger partial charge in [-0.05, 0) is 57.1 Å². The fraction of sp³-hybridized carbons (Fsp3) is 0.586. The van der Waals surface area contributed by atoms with E-state index in [2.05, 4.69) is 23.9 Å². The maximum Gasteiger partial charge on any atom is 0.257 e. The second kappa shape index (κ2) is 9.38. The van der Waals surface area contributed by atoms with Crippen molar-refractivity contribution in [1.82, 2.24) is 24.6 Å². The summed E-state index contributed by atoms with van der Waals surface area (Å²) in [6.45, 7) is 11.5. The third kappa shape index (κ3) is 5.10. The van der Waals surface area contributed by atoms with E-state index in [1.54, 1.807) is 16.4 Å². The van der Waals surface area contributed by atoms with E-state index < -0.39 is 11.6 Å². The number of hydrogen-bond donors (Lipinski definition) is 2. The Morgan fingerprint density at radius 1 is 1.26 bits per heavy atom. The Balaban J connectivity index is 1.14. The lowest BCUT2D eigenvalue weighted by Gasteiger charge is -2.38. The third-order valence-corrected chi connectivity index (χ3v) is 9.32. The zero-order valence-electron chi connectivity index (χ0n) is 23.3. The number of ether oxygens (including phenoxy) is 1. The average Bonchev–Trinajstić information content (AvgIpc) is 3.36. The lowest BCUT2D eigenvalue weighted by atomic mass is 9.70. The fourth-order valence-electron chi connectivity index (χ4n) is 6.27. The van der Waals surface area contributed by atoms with Crippen molar-refractivity contribution in [3.05, 3.63) is 51.7 Å². The molecule has 1 aliphatic heterocycles. The minimum absolute atomic E-state index is 0.00132. The molecule has 4 heterocycles. The van der Waals surface area contributed by atoms with Crippen LogP contribution < -0.4 is 10.5 Å². The molecular weight excluding hydrogens is 512 g/mol. The number of aryl methyl sites for hydroxylation is 1. The molecule has 0 radical (unpaired) electrons. The van der Waals surface area contributed by atoms with Gasteiger partial charge in [0.05, 0.1) is 28.6 Å². The van der Waals surface area contributed by atoms with E-state index in [-0.39, 0.29) is 35.2 Å². The Bertz CT molecular complexity index is 1370. The highest BCUT2D eigenvalue weighted by molar-refractivity contribution is 7.07. The molecule has 2 saturated carbocycles. The molecule has 3 aromatic heterocycles. The van der Waals surface area contributed by atoms with Crippen LogP contribution in [-0.4, -0.2) is 61.0 Å². The summed E-state index contributed by atoms with van der Waals surface area (Å²) in [4.78, 5) is 24.4. The van der Waals surface area contributed by atoms with Crippen molar-refractivity contribution in [2.24, 2.45) is 23.0 Å². The van der Waals surface area contributed by atoms with Crippen molar-refractivity contribution in [3.63, 3.8) is 0 Å². The van der Waals surface area contributed by atoms with Crippen molar-refractivity contribution in [3.8, 4) is 11.7 Å². The summed E-state index contributed by atoms with van der Waals surface area (Å²) in [5, 5.41) is 17.4. The van der Waals surface area contributed by atoms with Gasteiger partial charge in [-0.15, -0.1) is 11.3 Å². The number of hydrogen-bond acceptors (Lipinski definition) is 8. The van der Waals surface area contributed by atoms with Gasteiger partial charge in [-0.2, -0.15) is 5.10 Å². The SMILES string of the molecule is Cc1nn(-c2cscn2)cc1C(=O)N1C[C@@H]2C(Oc3cc(C(C)(C)N)cc(C4CCC(C)(C)CC4O)n3)[C@@H]2C1. The summed E-state index contributed by atoms with van der Waals surface area (Å²) in [6, 6.07) is 3.98. The number of nitrogens with zero attached hydrogens (tertiary/aromatic N) is 5. The molecule has 5 atom stereocenters. The number of amides is 1. The van der Waals surface area contributed by atoms with E-state index in [1.807, 2.05) is 43.2 Å². The first-order chi connectivity index (χ1) is 18.4. The molecule has 6 rings (SSSR count). The Labute approximate surface area is 233 Å². The van der Waals surface area contributed by atoms with Crippen LogP contribution in [0.3, 0.4) is 0 Å². The van der Waals surface area contributed by atoms with Crippen molar-refractivity contribution in [1.29, 1.82) is 0 Å². The van der Waals surface area contributed by atoms with E-state index in [0.29, 0.717) is 30.2 Å². The van der Waals surface area contributed by atoms with Gasteiger partial charge in [0.25, 0.3) is 5.91 Å². The highest BCUT2D eigenvalue weighted by atomic mass is 32.1. The normalized spacial score (nSPS) is 27.9. The average molecular weight is 551 g/mol. The number of fused-ring (bicyclic) bond motifs is 1. The molecule has 208 valence electrons. The van der Waals surface area contributed by atoms with Crippen LogP contribution in [-0.2, 0) is 5.54 Å². The quantitative estimate of drug-likeness (QED) is 0.476. The van der Waals surface area contributed by atoms with Crippen LogP contribution >= 0.6 is 11.3 Å². The standard InChI is InChI=1S/C29H38N6O3S/c1-16-19(13-35(33-16)24-14-39-15-31-24)27(37)34-11-20-21(12-34)26(20)38-25-9-17(29(4,5)30)8-22(32-25)18-6-7-28(2,3)10-23(18)36/h8-9,13-15,18,20-21,23,26,36H,6-7,10-12,30H2,1-5H3/t18?,20-,21+,23?,26?. The van der Waals surface area contributed by atoms with Gasteiger partial charge in [0.15, 0.2) is 5.82 Å². The minimum atomic E-state index is -0.557. The minimum Gasteiger partial charge on any atom is -0.474 e. The molecule has 1 saturated heterocycles. The number of aliphatic hydroxyl groups is 1. The lowest BCUT2D eigenvalue weighted by molar-refractivity contribution is 0.0445. The number of rotatable bonds is 6. The van der Waals surface area contributed by atoms with Crippen LogP contribution in [0, 0.1) is 24.2 Å². The summed E-state index contributed by atoms with van der Waals surface area (Å²) in [6.07, 6.45) is 4.05. The first kappa shape index (κ1) is 26.4. The molecule has 0 bridgehead atoms. The number of aromatic nitrogens is 4. The molecule has 10 heteroatoms. The topological polar surface area (TPSA) is 119 Å². The maximum atomic E-state index is 13.3. The summed E-state index contributed by atoms with van der Waals surface area (Å²) < 4.78 is 8.10. The molecule has 3 fully saturated rings. The first-order valence-electron chi connectivity index (χ1n) is 13.8. The molecule has 3 aromatic rings. The molecule has 3 unspecified atom stereocenters. The van der Waals surface area contributed by atoms with Crippen molar-refractivity contribution >= 4 is 17.2 Å². The van der Waals surface area contributed by atoms with Crippen molar-refractivity contribution in [2.75, 3.05) is 13.1 Å². The smallest absolute Gasteiger partial charge is 0.257 e. The van der Waals surface area contributed by atoms with Gasteiger partial charge in [0.2, 0.25) is 5.88 Å². The zero-order valence-corrected chi connectivity index (χ0v) is 24.1. The highest BCUT2D eigenvalue weighted by Gasteiger charge is 2.59. The van der Waals surface area contributed by atoms with Gasteiger partial charge in [0.1, 0.15) is 6.10 Å². The summed E-state index contributed by atoms with van der Waals surface area (Å²) >= 11 is 1.50. The summed E-state index contributed by atoms with van der Waals surface area (Å²) in [5.74, 6) is 1.83. The number of thiazole rings is 1. The van der Waals surface area contributed by atoms with Crippen LogP contribution in [0.25, 0.3) is 5.82 Å². The predicted octanol–water partition coefficient (Wildman–Crippen LogP) is 4.03. The molecule has 3 N–H and O–H groups in total. The molecule has 3 aliphatic rings. The lowest BCUT2D eigenvalue weighted by Crippen LogP contribution is -2.34. The number of nitrogens with two attached hydrogens (primary N) is 1. The zero-order chi connectivity index (χ0) is 27.7. The van der Waals surface area contributed by atoms with Gasteiger partial charge >= 0.3 is 0 Å². The summed E-state index contributed by atoms with van der Waals surface area (Å²) in [7, 11) is 0.